The summed E-state index contributed by atoms with van der Waals surface area (Å²) in [7, 11) is 1.64. The molecule has 2 aromatic rings. The minimum atomic E-state index is -0.0662. The third kappa shape index (κ3) is 2.40. The zero-order chi connectivity index (χ0) is 13.9. The Morgan fingerprint density at radius 2 is 2.00 bits per heavy atom. The highest BCUT2D eigenvalue weighted by molar-refractivity contribution is 5.40. The van der Waals surface area contributed by atoms with Crippen LogP contribution in [0.1, 0.15) is 34.7 Å². The van der Waals surface area contributed by atoms with Gasteiger partial charge in [-0.2, -0.15) is 0 Å². The van der Waals surface area contributed by atoms with Gasteiger partial charge in [0.15, 0.2) is 0 Å². The maximum absolute atomic E-state index is 5.75. The summed E-state index contributed by atoms with van der Waals surface area (Å²) in [5.41, 5.74) is 7.96. The molecule has 0 bridgehead atoms. The van der Waals surface area contributed by atoms with Crippen molar-refractivity contribution in [1.29, 1.82) is 0 Å². The number of ether oxygens (including phenoxy) is 1. The van der Waals surface area contributed by atoms with Crippen LogP contribution in [0.2, 0.25) is 0 Å². The maximum atomic E-state index is 5.75. The number of aromatic nitrogens is 1. The minimum Gasteiger partial charge on any atom is -0.495 e. The van der Waals surface area contributed by atoms with E-state index in [1.165, 1.54) is 29.5 Å². The molecule has 3 rings (SSSR count). The zero-order valence-electron chi connectivity index (χ0n) is 11.6. The molecule has 1 aliphatic rings. The largest absolute Gasteiger partial charge is 0.495 e. The summed E-state index contributed by atoms with van der Waals surface area (Å²) < 4.78 is 5.23. The molecule has 0 aliphatic heterocycles. The molecule has 1 aromatic heterocycles. The lowest BCUT2D eigenvalue weighted by Gasteiger charge is -2.18. The van der Waals surface area contributed by atoms with Crippen LogP contribution in [0.15, 0.2) is 36.7 Å². The third-order valence-corrected chi connectivity index (χ3v) is 3.93. The SMILES string of the molecule is COc1cncc(C(NN)c2ccc3c(c2)CCC3)c1. The summed E-state index contributed by atoms with van der Waals surface area (Å²) in [6.07, 6.45) is 7.12. The minimum absolute atomic E-state index is 0.0662. The Labute approximate surface area is 119 Å². The van der Waals surface area contributed by atoms with Gasteiger partial charge < -0.3 is 4.74 Å². The van der Waals surface area contributed by atoms with Gasteiger partial charge in [-0.1, -0.05) is 18.2 Å². The van der Waals surface area contributed by atoms with E-state index in [0.717, 1.165) is 17.7 Å². The first-order valence-electron chi connectivity index (χ1n) is 6.88. The number of aryl methyl sites for hydroxylation is 2. The van der Waals surface area contributed by atoms with Crippen LogP contribution >= 0.6 is 0 Å². The highest BCUT2D eigenvalue weighted by atomic mass is 16.5. The molecule has 0 saturated carbocycles. The maximum Gasteiger partial charge on any atom is 0.137 e. The van der Waals surface area contributed by atoms with Crippen molar-refractivity contribution in [3.05, 3.63) is 58.9 Å². The van der Waals surface area contributed by atoms with Gasteiger partial charge in [0, 0.05) is 6.20 Å². The van der Waals surface area contributed by atoms with Crippen molar-refractivity contribution in [2.45, 2.75) is 25.3 Å². The van der Waals surface area contributed by atoms with Crippen LogP contribution in [0.4, 0.5) is 0 Å². The normalized spacial score (nSPS) is 14.9. The van der Waals surface area contributed by atoms with Crippen LogP contribution in [-0.2, 0) is 12.8 Å². The van der Waals surface area contributed by atoms with E-state index in [2.05, 4.69) is 28.6 Å². The number of rotatable bonds is 4. The molecular weight excluding hydrogens is 250 g/mol. The molecule has 3 N–H and O–H groups in total. The number of methoxy groups -OCH3 is 1. The third-order valence-electron chi connectivity index (χ3n) is 3.93. The zero-order valence-corrected chi connectivity index (χ0v) is 11.6. The number of nitrogens with two attached hydrogens (primary N) is 1. The second kappa shape index (κ2) is 5.61. The molecule has 4 nitrogen and oxygen atoms in total. The summed E-state index contributed by atoms with van der Waals surface area (Å²) in [4.78, 5) is 4.20. The van der Waals surface area contributed by atoms with Gasteiger partial charge in [0.2, 0.25) is 0 Å². The van der Waals surface area contributed by atoms with E-state index in [0.29, 0.717) is 0 Å². The Kier molecular flexibility index (Phi) is 3.67. The van der Waals surface area contributed by atoms with Gasteiger partial charge in [0.25, 0.3) is 0 Å². The van der Waals surface area contributed by atoms with Crippen molar-refractivity contribution in [2.75, 3.05) is 7.11 Å². The molecule has 0 fully saturated rings. The topological polar surface area (TPSA) is 60.2 Å². The average Bonchev–Trinajstić information content (AvgIpc) is 2.96. The summed E-state index contributed by atoms with van der Waals surface area (Å²) in [5, 5.41) is 0. The number of nitrogens with zero attached hydrogens (tertiary/aromatic N) is 1. The molecule has 0 spiro atoms. The van der Waals surface area contributed by atoms with Crippen LogP contribution < -0.4 is 16.0 Å². The standard InChI is InChI=1S/C16H19N3O/c1-20-15-8-14(9-18-10-15)16(19-17)13-6-5-11-3-2-4-12(11)7-13/h5-10,16,19H,2-4,17H2,1H3. The second-order valence-corrected chi connectivity index (χ2v) is 5.14. The molecule has 104 valence electrons. The molecule has 1 atom stereocenters. The molecule has 1 aromatic carbocycles. The van der Waals surface area contributed by atoms with Gasteiger partial charge in [-0.05, 0) is 47.6 Å². The monoisotopic (exact) mass is 269 g/mol. The van der Waals surface area contributed by atoms with E-state index in [-0.39, 0.29) is 6.04 Å². The number of hydrogen-bond acceptors (Lipinski definition) is 4. The smallest absolute Gasteiger partial charge is 0.137 e. The first-order chi connectivity index (χ1) is 9.81. The van der Waals surface area contributed by atoms with E-state index in [9.17, 15) is 0 Å². The van der Waals surface area contributed by atoms with Crippen LogP contribution in [0.5, 0.6) is 5.75 Å². The molecule has 20 heavy (non-hydrogen) atoms. The average molecular weight is 269 g/mol. The Morgan fingerprint density at radius 3 is 2.80 bits per heavy atom. The van der Waals surface area contributed by atoms with Crippen LogP contribution in [-0.4, -0.2) is 12.1 Å². The predicted molar refractivity (Wildman–Crippen MR) is 78.4 cm³/mol. The number of hydrogen-bond donors (Lipinski definition) is 2. The molecule has 0 amide bonds. The molecule has 4 heteroatoms. The van der Waals surface area contributed by atoms with Crippen LogP contribution in [0.3, 0.4) is 0 Å². The van der Waals surface area contributed by atoms with Crippen LogP contribution in [0.25, 0.3) is 0 Å². The fourth-order valence-electron chi connectivity index (χ4n) is 2.86. The lowest BCUT2D eigenvalue weighted by Crippen LogP contribution is -2.29. The first-order valence-corrected chi connectivity index (χ1v) is 6.88. The summed E-state index contributed by atoms with van der Waals surface area (Å²) in [6, 6.07) is 8.52. The van der Waals surface area contributed by atoms with Crippen LogP contribution in [0, 0.1) is 0 Å². The molecular formula is C16H19N3O. The predicted octanol–water partition coefficient (Wildman–Crippen LogP) is 2.13. The number of hydrazine groups is 1. The lowest BCUT2D eigenvalue weighted by atomic mass is 9.97. The number of fused-ring (bicyclic) bond motifs is 1. The highest BCUT2D eigenvalue weighted by Crippen LogP contribution is 2.28. The Hall–Kier alpha value is -1.91. The van der Waals surface area contributed by atoms with Gasteiger partial charge in [-0.15, -0.1) is 0 Å². The van der Waals surface area contributed by atoms with Crippen molar-refractivity contribution < 1.29 is 4.74 Å². The number of benzene rings is 1. The highest BCUT2D eigenvalue weighted by Gasteiger charge is 2.17. The Balaban J connectivity index is 1.96. The molecule has 0 saturated heterocycles. The van der Waals surface area contributed by atoms with Crippen molar-refractivity contribution in [3.8, 4) is 5.75 Å². The Morgan fingerprint density at radius 1 is 1.15 bits per heavy atom. The molecule has 1 unspecified atom stereocenters. The summed E-state index contributed by atoms with van der Waals surface area (Å²) in [6.45, 7) is 0. The van der Waals surface area contributed by atoms with Gasteiger partial charge in [-0.25, -0.2) is 5.43 Å². The van der Waals surface area contributed by atoms with E-state index < -0.39 is 0 Å². The number of nitrogens with one attached hydrogen (secondary N) is 1. The molecule has 0 radical (unpaired) electrons. The molecule has 1 aliphatic carbocycles. The second-order valence-electron chi connectivity index (χ2n) is 5.14. The summed E-state index contributed by atoms with van der Waals surface area (Å²) in [5.74, 6) is 6.49. The van der Waals surface area contributed by atoms with Gasteiger partial charge >= 0.3 is 0 Å². The Bertz CT molecular complexity index is 612. The fraction of sp³-hybridized carbons (Fsp3) is 0.312. The van der Waals surface area contributed by atoms with E-state index in [1.54, 1.807) is 13.3 Å². The quantitative estimate of drug-likeness (QED) is 0.659. The lowest BCUT2D eigenvalue weighted by molar-refractivity contribution is 0.411. The van der Waals surface area contributed by atoms with Crippen molar-refractivity contribution in [1.82, 2.24) is 10.4 Å². The van der Waals surface area contributed by atoms with Gasteiger partial charge in [0.1, 0.15) is 5.75 Å². The fourth-order valence-corrected chi connectivity index (χ4v) is 2.86. The number of pyridine rings is 1. The van der Waals surface area contributed by atoms with Gasteiger partial charge in [0.05, 0.1) is 19.3 Å². The van der Waals surface area contributed by atoms with Crippen molar-refractivity contribution >= 4 is 0 Å². The van der Waals surface area contributed by atoms with Crippen molar-refractivity contribution in [2.24, 2.45) is 5.84 Å². The van der Waals surface area contributed by atoms with E-state index in [1.807, 2.05) is 12.3 Å². The van der Waals surface area contributed by atoms with E-state index in [4.69, 9.17) is 10.6 Å². The van der Waals surface area contributed by atoms with E-state index >= 15 is 0 Å². The summed E-state index contributed by atoms with van der Waals surface area (Å²) >= 11 is 0. The first kappa shape index (κ1) is 13.1. The van der Waals surface area contributed by atoms with Crippen molar-refractivity contribution in [3.63, 3.8) is 0 Å². The van der Waals surface area contributed by atoms with Gasteiger partial charge in [-0.3, -0.25) is 10.8 Å². The molecule has 1 heterocycles.